The largest absolute Gasteiger partial charge is 0.472 e. The molecule has 0 saturated heterocycles. The average molecular weight is 544 g/mol. The maximum atomic E-state index is 12.5. The Morgan fingerprint density at radius 1 is 0.818 bits per heavy atom. The van der Waals surface area contributed by atoms with Gasteiger partial charge >= 0.3 is 23.5 Å². The molecule has 0 saturated carbocycles. The van der Waals surface area contributed by atoms with E-state index in [-0.39, 0.29) is 45.0 Å². The molecule has 0 aliphatic carbocycles. The van der Waals surface area contributed by atoms with Crippen LogP contribution in [0.2, 0.25) is 0 Å². The Bertz CT molecular complexity index is 729. The third kappa shape index (κ3) is 13.8. The fourth-order valence-electron chi connectivity index (χ4n) is 2.42. The van der Waals surface area contributed by atoms with E-state index < -0.39 is 47.2 Å². The van der Waals surface area contributed by atoms with Gasteiger partial charge in [-0.15, -0.1) is 0 Å². The van der Waals surface area contributed by atoms with Gasteiger partial charge in [-0.1, -0.05) is 27.7 Å². The summed E-state index contributed by atoms with van der Waals surface area (Å²) in [4.78, 5) is 37.8. The van der Waals surface area contributed by atoms with Crippen LogP contribution in [0.1, 0.15) is 60.8 Å². The van der Waals surface area contributed by atoms with E-state index in [2.05, 4.69) is 4.52 Å². The number of rotatable bonds is 18. The number of aliphatic hydroxyl groups is 1. The van der Waals surface area contributed by atoms with E-state index in [1.807, 2.05) is 0 Å². The highest BCUT2D eigenvalue weighted by Crippen LogP contribution is 2.52. The topological polar surface area (TPSA) is 199 Å². The molecule has 0 spiro atoms. The van der Waals surface area contributed by atoms with Crippen molar-refractivity contribution < 1.29 is 61.0 Å². The highest BCUT2D eigenvalue weighted by molar-refractivity contribution is 7.47. The van der Waals surface area contributed by atoms with Crippen LogP contribution >= 0.6 is 23.5 Å². The SMILES string of the molecule is CCC(C)(CCOP(=O)(O)OC(C)(CC)C(C)COP(=O)(O)O)OP(=O)(O)OCC(C)CO. The van der Waals surface area contributed by atoms with Crippen LogP contribution in [0.4, 0.5) is 0 Å². The van der Waals surface area contributed by atoms with Crippen molar-refractivity contribution in [3.8, 4) is 0 Å². The molecule has 6 atom stereocenters. The second-order valence-corrected chi connectivity index (χ2v) is 12.4. The molecular weight excluding hydrogens is 505 g/mol. The molecule has 6 unspecified atom stereocenters. The van der Waals surface area contributed by atoms with Crippen molar-refractivity contribution in [2.45, 2.75) is 72.0 Å². The van der Waals surface area contributed by atoms with Crippen LogP contribution in [-0.4, -0.2) is 62.3 Å². The number of aliphatic hydroxyl groups excluding tert-OH is 1. The van der Waals surface area contributed by atoms with Crippen LogP contribution in [0.15, 0.2) is 0 Å². The molecule has 0 aliphatic heterocycles. The van der Waals surface area contributed by atoms with E-state index in [9.17, 15) is 23.5 Å². The van der Waals surface area contributed by atoms with Gasteiger partial charge in [0, 0.05) is 24.9 Å². The molecule has 0 rings (SSSR count). The first-order chi connectivity index (χ1) is 14.8. The summed E-state index contributed by atoms with van der Waals surface area (Å²) in [6, 6.07) is 0. The van der Waals surface area contributed by atoms with E-state index in [1.165, 1.54) is 20.8 Å². The quantitative estimate of drug-likeness (QED) is 0.158. The molecule has 0 heterocycles. The first kappa shape index (κ1) is 33.3. The summed E-state index contributed by atoms with van der Waals surface area (Å²) in [6.45, 7) is 8.29. The molecular formula is C17H39O13P3. The lowest BCUT2D eigenvalue weighted by Crippen LogP contribution is -2.37. The van der Waals surface area contributed by atoms with Crippen molar-refractivity contribution in [1.82, 2.24) is 0 Å². The van der Waals surface area contributed by atoms with Crippen LogP contribution < -0.4 is 0 Å². The van der Waals surface area contributed by atoms with Crippen molar-refractivity contribution >= 4 is 23.5 Å². The minimum Gasteiger partial charge on any atom is -0.396 e. The van der Waals surface area contributed by atoms with E-state index in [0.717, 1.165) is 0 Å². The second kappa shape index (κ2) is 13.6. The van der Waals surface area contributed by atoms with E-state index in [0.29, 0.717) is 0 Å². The number of phosphoric ester groups is 3. The molecule has 0 aliphatic rings. The summed E-state index contributed by atoms with van der Waals surface area (Å²) < 4.78 is 60.5. The predicted octanol–water partition coefficient (Wildman–Crippen LogP) is 3.35. The predicted molar refractivity (Wildman–Crippen MR) is 119 cm³/mol. The zero-order valence-electron chi connectivity index (χ0n) is 19.9. The maximum absolute atomic E-state index is 12.5. The Hall–Kier alpha value is 0.290. The fraction of sp³-hybridized carbons (Fsp3) is 1.00. The van der Waals surface area contributed by atoms with Gasteiger partial charge in [0.25, 0.3) is 0 Å². The Balaban J connectivity index is 4.99. The van der Waals surface area contributed by atoms with Gasteiger partial charge in [0.15, 0.2) is 0 Å². The monoisotopic (exact) mass is 544 g/mol. The van der Waals surface area contributed by atoms with Crippen molar-refractivity contribution in [1.29, 1.82) is 0 Å². The van der Waals surface area contributed by atoms with Gasteiger partial charge in [0.1, 0.15) is 0 Å². The summed E-state index contributed by atoms with van der Waals surface area (Å²) in [5, 5.41) is 8.99. The fourth-order valence-corrected chi connectivity index (χ4v) is 5.32. The number of phosphoric acid groups is 3. The number of hydrogen-bond acceptors (Lipinski definition) is 9. The smallest absolute Gasteiger partial charge is 0.396 e. The Morgan fingerprint density at radius 3 is 1.82 bits per heavy atom. The van der Waals surface area contributed by atoms with Crippen molar-refractivity contribution in [3.05, 3.63) is 0 Å². The first-order valence-electron chi connectivity index (χ1n) is 10.5. The lowest BCUT2D eigenvalue weighted by atomic mass is 9.89. The lowest BCUT2D eigenvalue weighted by molar-refractivity contribution is -0.0297. The molecule has 0 bridgehead atoms. The zero-order chi connectivity index (χ0) is 26.1. The number of hydrogen-bond donors (Lipinski definition) is 5. The van der Waals surface area contributed by atoms with Crippen LogP contribution in [0.5, 0.6) is 0 Å². The van der Waals surface area contributed by atoms with Crippen LogP contribution in [-0.2, 0) is 36.3 Å². The third-order valence-corrected chi connectivity index (χ3v) is 8.15. The molecule has 0 aromatic heterocycles. The summed E-state index contributed by atoms with van der Waals surface area (Å²) in [7, 11) is -13.8. The van der Waals surface area contributed by atoms with Crippen molar-refractivity contribution in [2.24, 2.45) is 11.8 Å². The van der Waals surface area contributed by atoms with E-state index in [1.54, 1.807) is 20.8 Å². The summed E-state index contributed by atoms with van der Waals surface area (Å²) in [6.07, 6.45) is 0.403. The van der Waals surface area contributed by atoms with Gasteiger partial charge in [-0.25, -0.2) is 13.7 Å². The van der Waals surface area contributed by atoms with Gasteiger partial charge in [-0.3, -0.25) is 22.6 Å². The molecule has 0 aromatic carbocycles. The molecule has 13 nitrogen and oxygen atoms in total. The summed E-state index contributed by atoms with van der Waals surface area (Å²) in [5.41, 5.74) is -2.53. The van der Waals surface area contributed by atoms with Gasteiger partial charge in [-0.2, -0.15) is 0 Å². The van der Waals surface area contributed by atoms with Crippen LogP contribution in [0, 0.1) is 11.8 Å². The molecule has 200 valence electrons. The van der Waals surface area contributed by atoms with Crippen molar-refractivity contribution in [2.75, 3.05) is 26.4 Å². The second-order valence-electron chi connectivity index (χ2n) is 8.44. The summed E-state index contributed by atoms with van der Waals surface area (Å²) >= 11 is 0. The highest BCUT2D eigenvalue weighted by Gasteiger charge is 2.41. The minimum absolute atomic E-state index is 0.0550. The van der Waals surface area contributed by atoms with Gasteiger partial charge < -0.3 is 24.7 Å². The van der Waals surface area contributed by atoms with E-state index >= 15 is 0 Å². The van der Waals surface area contributed by atoms with Crippen LogP contribution in [0.3, 0.4) is 0 Å². The van der Waals surface area contributed by atoms with Gasteiger partial charge in [0.05, 0.1) is 31.0 Å². The highest BCUT2D eigenvalue weighted by atomic mass is 31.2. The van der Waals surface area contributed by atoms with Crippen molar-refractivity contribution in [3.63, 3.8) is 0 Å². The molecule has 0 aromatic rings. The summed E-state index contributed by atoms with van der Waals surface area (Å²) in [5.74, 6) is -1.05. The Labute approximate surface area is 195 Å². The normalized spacial score (nSPS) is 21.9. The molecule has 0 fully saturated rings. The molecule has 5 N–H and O–H groups in total. The molecule has 0 amide bonds. The standard InChI is InChI=1S/C17H39O13P3/c1-7-16(5,29-33(24,25)28-12-14(3)11-18)9-10-26-32(22,23)30-17(6,8-2)15(4)13-27-31(19,20)21/h14-15,18H,7-13H2,1-6H3,(H,22,23)(H,24,25)(H2,19,20,21). The van der Waals surface area contributed by atoms with Gasteiger partial charge in [-0.05, 0) is 26.7 Å². The van der Waals surface area contributed by atoms with E-state index in [4.69, 9.17) is 33.0 Å². The Kier molecular flexibility index (Phi) is 13.7. The average Bonchev–Trinajstić information content (AvgIpc) is 2.68. The third-order valence-electron chi connectivity index (χ3n) is 5.36. The first-order valence-corrected chi connectivity index (χ1v) is 15.0. The molecule has 0 radical (unpaired) electrons. The lowest BCUT2D eigenvalue weighted by Gasteiger charge is -2.35. The Morgan fingerprint density at radius 2 is 1.36 bits per heavy atom. The zero-order valence-corrected chi connectivity index (χ0v) is 22.6. The molecule has 16 heteroatoms. The maximum Gasteiger partial charge on any atom is 0.472 e. The molecule has 33 heavy (non-hydrogen) atoms. The minimum atomic E-state index is -4.72. The van der Waals surface area contributed by atoms with Gasteiger partial charge in [0.2, 0.25) is 0 Å². The van der Waals surface area contributed by atoms with Crippen LogP contribution in [0.25, 0.3) is 0 Å².